The molecule has 0 unspecified atom stereocenters. The van der Waals surface area contributed by atoms with Gasteiger partial charge in [0.15, 0.2) is 5.65 Å². The summed E-state index contributed by atoms with van der Waals surface area (Å²) in [6.07, 6.45) is 2.38. The van der Waals surface area contributed by atoms with Crippen molar-refractivity contribution in [2.24, 2.45) is 0 Å². The molecule has 2 aromatic carbocycles. The lowest BCUT2D eigenvalue weighted by molar-refractivity contribution is 0.120. The summed E-state index contributed by atoms with van der Waals surface area (Å²) in [6, 6.07) is 20.4. The van der Waals surface area contributed by atoms with Crippen LogP contribution in [0.5, 0.6) is 0 Å². The maximum atomic E-state index is 13.3. The van der Waals surface area contributed by atoms with Crippen molar-refractivity contribution < 1.29 is 9.13 Å². The summed E-state index contributed by atoms with van der Waals surface area (Å²) >= 11 is 0. The lowest BCUT2D eigenvalue weighted by atomic mass is 10.1. The van der Waals surface area contributed by atoms with Crippen LogP contribution in [0.4, 0.5) is 10.2 Å². The lowest BCUT2D eigenvalue weighted by Crippen LogP contribution is -2.20. The van der Waals surface area contributed by atoms with E-state index in [0.717, 1.165) is 60.0 Å². The van der Waals surface area contributed by atoms with Crippen molar-refractivity contribution in [3.05, 3.63) is 72.5 Å². The third kappa shape index (κ3) is 3.71. The number of fused-ring (bicyclic) bond motifs is 1. The normalized spacial score (nSPS) is 16.4. The van der Waals surface area contributed by atoms with E-state index < -0.39 is 0 Å². The number of nitrogens with zero attached hydrogens (tertiary/aromatic N) is 3. The van der Waals surface area contributed by atoms with Gasteiger partial charge in [0, 0.05) is 36.4 Å². The molecule has 0 amide bonds. The van der Waals surface area contributed by atoms with Crippen molar-refractivity contribution in [3.8, 4) is 22.5 Å². The van der Waals surface area contributed by atoms with E-state index in [1.165, 1.54) is 12.1 Å². The predicted molar refractivity (Wildman–Crippen MR) is 111 cm³/mol. The highest BCUT2D eigenvalue weighted by Gasteiger charge is 2.17. The van der Waals surface area contributed by atoms with Crippen LogP contribution in [-0.2, 0) is 4.74 Å². The van der Waals surface area contributed by atoms with Crippen LogP contribution >= 0.6 is 0 Å². The Labute approximate surface area is 168 Å². The Morgan fingerprint density at radius 1 is 1.00 bits per heavy atom. The molecule has 1 atom stereocenters. The number of hydrogen-bond acceptors (Lipinski definition) is 4. The molecule has 0 saturated carbocycles. The van der Waals surface area contributed by atoms with Gasteiger partial charge in [-0.15, -0.1) is 0 Å². The second-order valence-corrected chi connectivity index (χ2v) is 7.22. The molecule has 0 bridgehead atoms. The molecule has 0 radical (unpaired) electrons. The number of rotatable bonds is 5. The quantitative estimate of drug-likeness (QED) is 0.534. The summed E-state index contributed by atoms with van der Waals surface area (Å²) in [7, 11) is 0. The van der Waals surface area contributed by atoms with Crippen LogP contribution in [0.3, 0.4) is 0 Å². The van der Waals surface area contributed by atoms with Crippen molar-refractivity contribution in [2.75, 3.05) is 18.5 Å². The Bertz CT molecular complexity index is 1120. The zero-order valence-electron chi connectivity index (χ0n) is 15.9. The third-order valence-electron chi connectivity index (χ3n) is 5.17. The van der Waals surface area contributed by atoms with Gasteiger partial charge in [0.05, 0.1) is 17.5 Å². The average molecular weight is 388 g/mol. The molecule has 4 aromatic rings. The van der Waals surface area contributed by atoms with Crippen molar-refractivity contribution in [2.45, 2.75) is 18.9 Å². The largest absolute Gasteiger partial charge is 0.376 e. The van der Waals surface area contributed by atoms with E-state index in [4.69, 9.17) is 14.8 Å². The summed E-state index contributed by atoms with van der Waals surface area (Å²) in [5.74, 6) is 0.596. The Balaban J connectivity index is 1.57. The molecular formula is C23H21FN4O. The minimum Gasteiger partial charge on any atom is -0.376 e. The number of hydrogen-bond donors (Lipinski definition) is 1. The van der Waals surface area contributed by atoms with Crippen molar-refractivity contribution in [3.63, 3.8) is 0 Å². The Kier molecular flexibility index (Phi) is 4.69. The van der Waals surface area contributed by atoms with E-state index in [9.17, 15) is 4.39 Å². The number of aromatic nitrogens is 3. The molecule has 146 valence electrons. The van der Waals surface area contributed by atoms with Gasteiger partial charge in [0.25, 0.3) is 0 Å². The van der Waals surface area contributed by atoms with Gasteiger partial charge in [0.1, 0.15) is 11.6 Å². The van der Waals surface area contributed by atoms with Gasteiger partial charge in [-0.05, 0) is 37.1 Å². The van der Waals surface area contributed by atoms with Crippen molar-refractivity contribution >= 4 is 11.5 Å². The molecule has 1 saturated heterocycles. The fraction of sp³-hybridized carbons (Fsp3) is 0.217. The van der Waals surface area contributed by atoms with Gasteiger partial charge in [-0.2, -0.15) is 9.61 Å². The first-order valence-corrected chi connectivity index (χ1v) is 9.84. The summed E-state index contributed by atoms with van der Waals surface area (Å²) in [5.41, 5.74) is 4.25. The minimum absolute atomic E-state index is 0.213. The second-order valence-electron chi connectivity index (χ2n) is 7.22. The molecule has 0 spiro atoms. The Morgan fingerprint density at radius 3 is 2.55 bits per heavy atom. The van der Waals surface area contributed by atoms with Crippen molar-refractivity contribution in [1.82, 2.24) is 14.6 Å². The highest BCUT2D eigenvalue weighted by molar-refractivity contribution is 5.70. The monoisotopic (exact) mass is 388 g/mol. The van der Waals surface area contributed by atoms with Crippen LogP contribution in [0.2, 0.25) is 0 Å². The van der Waals surface area contributed by atoms with E-state index in [0.29, 0.717) is 0 Å². The molecule has 1 aliphatic heterocycles. The molecule has 1 fully saturated rings. The number of ether oxygens (including phenoxy) is 1. The zero-order valence-corrected chi connectivity index (χ0v) is 15.9. The van der Waals surface area contributed by atoms with Gasteiger partial charge in [-0.1, -0.05) is 30.3 Å². The Morgan fingerprint density at radius 2 is 1.79 bits per heavy atom. The highest BCUT2D eigenvalue weighted by Crippen LogP contribution is 2.26. The van der Waals surface area contributed by atoms with Crippen LogP contribution in [0.15, 0.2) is 66.7 Å². The van der Waals surface area contributed by atoms with Gasteiger partial charge >= 0.3 is 0 Å². The van der Waals surface area contributed by atoms with Gasteiger partial charge < -0.3 is 10.1 Å². The van der Waals surface area contributed by atoms with E-state index in [1.54, 1.807) is 16.6 Å². The maximum Gasteiger partial charge on any atom is 0.158 e. The SMILES string of the molecule is Fc1ccc(-c2cc3nc(-c4ccccc4)cc(NC[C@H]4CCCO4)n3n2)cc1. The predicted octanol–water partition coefficient (Wildman–Crippen LogP) is 4.79. The minimum atomic E-state index is -0.263. The molecule has 5 nitrogen and oxygen atoms in total. The first kappa shape index (κ1) is 17.8. The zero-order chi connectivity index (χ0) is 19.6. The van der Waals surface area contributed by atoms with E-state index >= 15 is 0 Å². The number of anilines is 1. The van der Waals surface area contributed by atoms with Gasteiger partial charge in [-0.25, -0.2) is 9.37 Å². The van der Waals surface area contributed by atoms with Crippen LogP contribution in [0, 0.1) is 5.82 Å². The van der Waals surface area contributed by atoms with E-state index in [2.05, 4.69) is 5.32 Å². The van der Waals surface area contributed by atoms with Gasteiger partial charge in [0.2, 0.25) is 0 Å². The summed E-state index contributed by atoms with van der Waals surface area (Å²) in [4.78, 5) is 4.80. The van der Waals surface area contributed by atoms with E-state index in [1.807, 2.05) is 42.5 Å². The molecule has 5 rings (SSSR count). The number of halogens is 1. The summed E-state index contributed by atoms with van der Waals surface area (Å²) in [6.45, 7) is 1.54. The van der Waals surface area contributed by atoms with Gasteiger partial charge in [-0.3, -0.25) is 0 Å². The topological polar surface area (TPSA) is 51.5 Å². The number of benzene rings is 2. The Hall–Kier alpha value is -3.25. The molecule has 1 N–H and O–H groups in total. The molecular weight excluding hydrogens is 367 g/mol. The fourth-order valence-electron chi connectivity index (χ4n) is 3.64. The molecule has 1 aliphatic rings. The third-order valence-corrected chi connectivity index (χ3v) is 5.17. The standard InChI is InChI=1S/C23H21FN4O/c24-18-10-8-17(9-11-18)21-14-23-26-20(16-5-2-1-3-6-16)13-22(28(23)27-21)25-15-19-7-4-12-29-19/h1-3,5-6,8-11,13-14,19,25H,4,7,12,15H2/t19-/m1/s1. The molecule has 0 aliphatic carbocycles. The van der Waals surface area contributed by atoms with Crippen LogP contribution < -0.4 is 5.32 Å². The van der Waals surface area contributed by atoms with Crippen LogP contribution in [-0.4, -0.2) is 33.9 Å². The first-order valence-electron chi connectivity index (χ1n) is 9.84. The van der Waals surface area contributed by atoms with E-state index in [-0.39, 0.29) is 11.9 Å². The molecule has 3 heterocycles. The maximum absolute atomic E-state index is 13.3. The van der Waals surface area contributed by atoms with Crippen molar-refractivity contribution in [1.29, 1.82) is 0 Å². The summed E-state index contributed by atoms with van der Waals surface area (Å²) < 4.78 is 20.8. The summed E-state index contributed by atoms with van der Waals surface area (Å²) in [5, 5.41) is 8.21. The lowest BCUT2D eigenvalue weighted by Gasteiger charge is -2.14. The first-order chi connectivity index (χ1) is 14.3. The second kappa shape index (κ2) is 7.64. The molecule has 2 aromatic heterocycles. The fourth-order valence-corrected chi connectivity index (χ4v) is 3.64. The molecule has 6 heteroatoms. The van der Waals surface area contributed by atoms with Crippen LogP contribution in [0.1, 0.15) is 12.8 Å². The smallest absolute Gasteiger partial charge is 0.158 e. The average Bonchev–Trinajstić information content (AvgIpc) is 3.43. The molecule has 29 heavy (non-hydrogen) atoms. The number of nitrogens with one attached hydrogen (secondary N) is 1. The highest BCUT2D eigenvalue weighted by atomic mass is 19.1. The van der Waals surface area contributed by atoms with Crippen LogP contribution in [0.25, 0.3) is 28.2 Å².